The van der Waals surface area contributed by atoms with Crippen LogP contribution >= 0.6 is 23.4 Å². The van der Waals surface area contributed by atoms with Gasteiger partial charge >= 0.3 is 0 Å². The van der Waals surface area contributed by atoms with Gasteiger partial charge in [-0.25, -0.2) is 0 Å². The molecule has 0 saturated carbocycles. The Labute approximate surface area is 166 Å². The molecule has 0 fully saturated rings. The molecule has 140 valence electrons. The van der Waals surface area contributed by atoms with Crippen LogP contribution in [-0.2, 0) is 17.9 Å². The molecule has 0 spiro atoms. The number of halogens is 1. The summed E-state index contributed by atoms with van der Waals surface area (Å²) < 4.78 is 3.74. The van der Waals surface area contributed by atoms with Crippen LogP contribution in [0, 0.1) is 0 Å². The zero-order valence-electron chi connectivity index (χ0n) is 14.8. The first-order chi connectivity index (χ1) is 13.1. The number of nitrogens with one attached hydrogen (secondary N) is 1. The average Bonchev–Trinajstić information content (AvgIpc) is 3.27. The summed E-state index contributed by atoms with van der Waals surface area (Å²) in [6, 6.07) is 7.03. The number of benzene rings is 1. The minimum absolute atomic E-state index is 0.143. The third-order valence-corrected chi connectivity index (χ3v) is 4.89. The molecule has 0 bridgehead atoms. The molecular formula is C18H19ClN6OS. The molecule has 1 N–H and O–H groups in total. The maximum Gasteiger partial charge on any atom is 0.234 e. The molecule has 3 rings (SSSR count). The summed E-state index contributed by atoms with van der Waals surface area (Å²) in [5.41, 5.74) is 1.54. The lowest BCUT2D eigenvalue weighted by Gasteiger charge is -2.07. The van der Waals surface area contributed by atoms with Crippen molar-refractivity contribution in [3.63, 3.8) is 0 Å². The topological polar surface area (TPSA) is 77.6 Å². The van der Waals surface area contributed by atoms with Gasteiger partial charge in [0, 0.05) is 30.0 Å². The van der Waals surface area contributed by atoms with E-state index in [2.05, 4.69) is 27.2 Å². The van der Waals surface area contributed by atoms with Crippen LogP contribution < -0.4 is 5.32 Å². The van der Waals surface area contributed by atoms with Crippen molar-refractivity contribution >= 4 is 35.0 Å². The number of amides is 1. The van der Waals surface area contributed by atoms with Gasteiger partial charge in [0.25, 0.3) is 0 Å². The van der Waals surface area contributed by atoms with Gasteiger partial charge in [-0.15, -0.1) is 16.8 Å². The third-order valence-electron chi connectivity index (χ3n) is 3.68. The molecule has 0 atom stereocenters. The van der Waals surface area contributed by atoms with E-state index in [0.29, 0.717) is 28.2 Å². The Morgan fingerprint density at radius 2 is 2.26 bits per heavy atom. The highest BCUT2D eigenvalue weighted by molar-refractivity contribution is 7.99. The Balaban J connectivity index is 1.71. The molecule has 2 aromatic heterocycles. The first-order valence-corrected chi connectivity index (χ1v) is 9.72. The fraction of sp³-hybridized carbons (Fsp3) is 0.222. The molecule has 1 amide bonds. The zero-order valence-corrected chi connectivity index (χ0v) is 16.4. The minimum atomic E-state index is -0.143. The molecule has 1 aromatic carbocycles. The van der Waals surface area contributed by atoms with Crippen LogP contribution in [-0.4, -0.2) is 36.2 Å². The second kappa shape index (κ2) is 8.88. The van der Waals surface area contributed by atoms with Gasteiger partial charge in [-0.2, -0.15) is 5.10 Å². The molecule has 0 radical (unpaired) electrons. The van der Waals surface area contributed by atoms with Crippen LogP contribution in [0.25, 0.3) is 11.4 Å². The van der Waals surface area contributed by atoms with Crippen LogP contribution in [0.1, 0.15) is 6.92 Å². The Hall–Kier alpha value is -2.58. The summed E-state index contributed by atoms with van der Waals surface area (Å²) in [4.78, 5) is 12.2. The predicted molar refractivity (Wildman–Crippen MR) is 108 cm³/mol. The van der Waals surface area contributed by atoms with Crippen LogP contribution in [0.4, 0.5) is 5.69 Å². The normalized spacial score (nSPS) is 10.7. The fourth-order valence-electron chi connectivity index (χ4n) is 2.45. The van der Waals surface area contributed by atoms with Crippen LogP contribution in [0.5, 0.6) is 0 Å². The van der Waals surface area contributed by atoms with Crippen molar-refractivity contribution in [2.24, 2.45) is 0 Å². The van der Waals surface area contributed by atoms with Crippen molar-refractivity contribution in [2.45, 2.75) is 25.2 Å². The summed E-state index contributed by atoms with van der Waals surface area (Å²) in [7, 11) is 0. The second-order valence-corrected chi connectivity index (χ2v) is 7.02. The Kier molecular flexibility index (Phi) is 6.31. The van der Waals surface area contributed by atoms with E-state index in [4.69, 9.17) is 11.6 Å². The molecule has 0 aliphatic heterocycles. The summed E-state index contributed by atoms with van der Waals surface area (Å²) in [6.07, 6.45) is 5.45. The van der Waals surface area contributed by atoms with E-state index < -0.39 is 0 Å². The first kappa shape index (κ1) is 19.2. The Bertz CT molecular complexity index is 951. The zero-order chi connectivity index (χ0) is 19.2. The highest BCUT2D eigenvalue weighted by Gasteiger charge is 2.16. The van der Waals surface area contributed by atoms with E-state index >= 15 is 0 Å². The number of hydrogen-bond donors (Lipinski definition) is 1. The van der Waals surface area contributed by atoms with Gasteiger partial charge < -0.3 is 5.32 Å². The van der Waals surface area contributed by atoms with Gasteiger partial charge in [0.2, 0.25) is 5.91 Å². The quantitative estimate of drug-likeness (QED) is 0.458. The molecule has 9 heteroatoms. The third kappa shape index (κ3) is 4.78. The molecule has 3 aromatic rings. The summed E-state index contributed by atoms with van der Waals surface area (Å²) in [5.74, 6) is 0.763. The summed E-state index contributed by atoms with van der Waals surface area (Å²) in [5, 5.41) is 16.8. The number of carbonyl (C=O) groups excluding carboxylic acids is 1. The average molecular weight is 403 g/mol. The van der Waals surface area contributed by atoms with Crippen LogP contribution in [0.2, 0.25) is 5.02 Å². The van der Waals surface area contributed by atoms with E-state index in [1.807, 2.05) is 22.4 Å². The molecule has 27 heavy (non-hydrogen) atoms. The monoisotopic (exact) mass is 402 g/mol. The molecule has 0 aliphatic rings. The maximum absolute atomic E-state index is 12.2. The number of aromatic nitrogens is 5. The smallest absolute Gasteiger partial charge is 0.234 e. The lowest BCUT2D eigenvalue weighted by atomic mass is 10.3. The van der Waals surface area contributed by atoms with Crippen LogP contribution in [0.15, 0.2) is 54.5 Å². The number of hydrogen-bond acceptors (Lipinski definition) is 5. The van der Waals surface area contributed by atoms with Gasteiger partial charge in [0.05, 0.1) is 17.5 Å². The number of thioether (sulfide) groups is 1. The van der Waals surface area contributed by atoms with Crippen molar-refractivity contribution in [1.82, 2.24) is 24.5 Å². The van der Waals surface area contributed by atoms with E-state index in [1.165, 1.54) is 11.8 Å². The van der Waals surface area contributed by atoms with Gasteiger partial charge in [-0.1, -0.05) is 35.5 Å². The highest BCUT2D eigenvalue weighted by Crippen LogP contribution is 2.24. The van der Waals surface area contributed by atoms with Crippen molar-refractivity contribution in [3.8, 4) is 11.4 Å². The van der Waals surface area contributed by atoms with Crippen molar-refractivity contribution in [1.29, 1.82) is 0 Å². The van der Waals surface area contributed by atoms with Crippen LogP contribution in [0.3, 0.4) is 0 Å². The van der Waals surface area contributed by atoms with E-state index in [-0.39, 0.29) is 11.7 Å². The molecule has 0 unspecified atom stereocenters. The van der Waals surface area contributed by atoms with E-state index in [1.54, 1.807) is 36.5 Å². The number of nitrogens with zero attached hydrogens (tertiary/aromatic N) is 5. The Morgan fingerprint density at radius 1 is 1.41 bits per heavy atom. The first-order valence-electron chi connectivity index (χ1n) is 8.36. The van der Waals surface area contributed by atoms with E-state index in [9.17, 15) is 4.79 Å². The van der Waals surface area contributed by atoms with Gasteiger partial charge in [-0.05, 0) is 25.1 Å². The number of allylic oxidation sites excluding steroid dienone is 1. The Morgan fingerprint density at radius 3 is 2.96 bits per heavy atom. The number of anilines is 1. The van der Waals surface area contributed by atoms with Crippen molar-refractivity contribution in [3.05, 3.63) is 54.3 Å². The number of carbonyl (C=O) groups is 1. The lowest BCUT2D eigenvalue weighted by molar-refractivity contribution is -0.113. The molecule has 2 heterocycles. The molecule has 7 nitrogen and oxygen atoms in total. The van der Waals surface area contributed by atoms with Gasteiger partial charge in [-0.3, -0.25) is 14.0 Å². The maximum atomic E-state index is 12.2. The predicted octanol–water partition coefficient (Wildman–Crippen LogP) is 3.73. The van der Waals surface area contributed by atoms with Gasteiger partial charge in [0.1, 0.15) is 0 Å². The summed E-state index contributed by atoms with van der Waals surface area (Å²) in [6.45, 7) is 7.13. The summed E-state index contributed by atoms with van der Waals surface area (Å²) >= 11 is 7.25. The van der Waals surface area contributed by atoms with Gasteiger partial charge in [0.15, 0.2) is 11.0 Å². The SMILES string of the molecule is C=CCn1c(SCC(=O)Nc2cccc(Cl)c2)nnc1-c1cnn(CC)c1. The standard InChI is InChI=1S/C18H19ClN6OS/c1-3-8-25-17(13-10-20-24(4-2)11-13)22-23-18(25)27-12-16(26)21-15-7-5-6-14(19)9-15/h3,5-7,9-11H,1,4,8,12H2,2H3,(H,21,26). The minimum Gasteiger partial charge on any atom is -0.325 e. The number of aryl methyl sites for hydroxylation is 1. The number of rotatable bonds is 8. The molecule has 0 aliphatic carbocycles. The van der Waals surface area contributed by atoms with Crippen molar-refractivity contribution in [2.75, 3.05) is 11.1 Å². The lowest BCUT2D eigenvalue weighted by Crippen LogP contribution is -2.14. The largest absolute Gasteiger partial charge is 0.325 e. The van der Waals surface area contributed by atoms with E-state index in [0.717, 1.165) is 12.1 Å². The second-order valence-electron chi connectivity index (χ2n) is 5.64. The van der Waals surface area contributed by atoms with Crippen molar-refractivity contribution < 1.29 is 4.79 Å². The molecular weight excluding hydrogens is 384 g/mol. The highest BCUT2D eigenvalue weighted by atomic mass is 35.5. The fourth-order valence-corrected chi connectivity index (χ4v) is 3.39. The molecule has 0 saturated heterocycles.